The molecule has 1 saturated heterocycles. The summed E-state index contributed by atoms with van der Waals surface area (Å²) < 4.78 is 80.6. The summed E-state index contributed by atoms with van der Waals surface area (Å²) >= 11 is 0. The van der Waals surface area contributed by atoms with Crippen LogP contribution in [0.4, 0.5) is 13.2 Å². The fourth-order valence-electron chi connectivity index (χ4n) is 8.32. The molecule has 0 spiro atoms. The van der Waals surface area contributed by atoms with Crippen molar-refractivity contribution in [2.75, 3.05) is 6.54 Å². The first-order chi connectivity index (χ1) is 29.0. The number of ether oxygens (including phenoxy) is 1. The van der Waals surface area contributed by atoms with Crippen molar-refractivity contribution >= 4 is 55.7 Å². The Balaban J connectivity index is 1.06. The number of allylic oxidation sites excluding steroid dienone is 1. The molecule has 5 atom stereocenters. The number of alkyl halides is 3. The summed E-state index contributed by atoms with van der Waals surface area (Å²) in [7, 11) is -4.05. The van der Waals surface area contributed by atoms with E-state index >= 15 is 0 Å². The van der Waals surface area contributed by atoms with Crippen molar-refractivity contribution in [1.82, 2.24) is 30.2 Å². The van der Waals surface area contributed by atoms with Gasteiger partial charge in [0.05, 0.1) is 16.9 Å². The summed E-state index contributed by atoms with van der Waals surface area (Å²) in [6.45, 7) is 1.41. The number of nitrogens with zero attached hydrogens (tertiary/aromatic N) is 3. The van der Waals surface area contributed by atoms with E-state index in [9.17, 15) is 40.8 Å². The predicted octanol–water partition coefficient (Wildman–Crippen LogP) is 5.70. The number of hydrogen-bond acceptors (Lipinski definition) is 10. The average Bonchev–Trinajstić information content (AvgIpc) is 4.19. The average molecular weight is 863 g/mol. The van der Waals surface area contributed by atoms with Crippen LogP contribution in [-0.2, 0) is 35.4 Å². The first kappa shape index (κ1) is 40.9. The number of amides is 4. The standard InChI is InChI=1S/C43H45F3N6O8S/c1-41(19-20-41)61(57,58)51-40(56)42-22-27(42)9-5-3-2-4-6-11-30(47-36(53)25-13-14-25)39(55)52-23-28(21-31(52)37(54)50-42)59-38-34-33(29-10-7-8-12-32(29)60-34)48-35(49-38)24-15-17-26(18-16-24)43(44,45)46/h5,7-10,12,15-18,25,27-28,30-31H,2-4,6,11,13-14,19-23H2,1H3,(H,47,53)(H,50,54)(H,51,56)/b9-5-. The van der Waals surface area contributed by atoms with E-state index in [-0.39, 0.29) is 54.1 Å². The lowest BCUT2D eigenvalue weighted by atomic mass is 10.0. The molecule has 5 unspecified atom stereocenters. The van der Waals surface area contributed by atoms with Crippen molar-refractivity contribution in [2.45, 2.75) is 112 Å². The number of para-hydroxylation sites is 1. The van der Waals surface area contributed by atoms with Crippen molar-refractivity contribution in [2.24, 2.45) is 11.8 Å². The van der Waals surface area contributed by atoms with Gasteiger partial charge < -0.3 is 24.7 Å². The van der Waals surface area contributed by atoms with E-state index in [0.29, 0.717) is 61.4 Å². The summed E-state index contributed by atoms with van der Waals surface area (Å²) in [5, 5.41) is 6.38. The highest BCUT2D eigenvalue weighted by molar-refractivity contribution is 7.91. The Hall–Kier alpha value is -5.52. The third-order valence-electron chi connectivity index (χ3n) is 12.7. The minimum atomic E-state index is -4.56. The van der Waals surface area contributed by atoms with E-state index in [1.54, 1.807) is 31.2 Å². The molecule has 0 bridgehead atoms. The quantitative estimate of drug-likeness (QED) is 0.186. The predicted molar refractivity (Wildman–Crippen MR) is 215 cm³/mol. The van der Waals surface area contributed by atoms with Crippen LogP contribution >= 0.6 is 0 Å². The monoisotopic (exact) mass is 862 g/mol. The number of hydrogen-bond donors (Lipinski definition) is 3. The van der Waals surface area contributed by atoms with E-state index in [4.69, 9.17) is 9.15 Å². The molecular weight excluding hydrogens is 818 g/mol. The highest BCUT2D eigenvalue weighted by atomic mass is 32.2. The summed E-state index contributed by atoms with van der Waals surface area (Å²) in [5.74, 6) is -3.02. The Morgan fingerprint density at radius 3 is 2.48 bits per heavy atom. The zero-order valence-corrected chi connectivity index (χ0v) is 34.1. The molecule has 0 radical (unpaired) electrons. The maximum atomic E-state index is 14.6. The van der Waals surface area contributed by atoms with Gasteiger partial charge in [-0.05, 0) is 82.6 Å². The minimum Gasteiger partial charge on any atom is -0.470 e. The number of fused-ring (bicyclic) bond motifs is 5. The Labute approximate surface area is 349 Å². The highest BCUT2D eigenvalue weighted by Crippen LogP contribution is 2.48. The van der Waals surface area contributed by atoms with Gasteiger partial charge in [0.25, 0.3) is 11.8 Å². The minimum absolute atomic E-state index is 0.0445. The van der Waals surface area contributed by atoms with Crippen LogP contribution in [0.3, 0.4) is 0 Å². The first-order valence-corrected chi connectivity index (χ1v) is 22.2. The van der Waals surface area contributed by atoms with Gasteiger partial charge in [-0.25, -0.2) is 13.4 Å². The van der Waals surface area contributed by atoms with Crippen LogP contribution in [0.15, 0.2) is 65.1 Å². The number of halogens is 3. The lowest BCUT2D eigenvalue weighted by Crippen LogP contribution is -2.58. The molecule has 2 aromatic heterocycles. The van der Waals surface area contributed by atoms with Crippen molar-refractivity contribution in [3.05, 3.63) is 66.2 Å². The van der Waals surface area contributed by atoms with Crippen LogP contribution < -0.4 is 20.1 Å². The molecule has 3 aliphatic carbocycles. The Morgan fingerprint density at radius 1 is 1.00 bits per heavy atom. The highest BCUT2D eigenvalue weighted by Gasteiger charge is 2.63. The smallest absolute Gasteiger partial charge is 0.416 e. The fraction of sp³-hybridized carbons (Fsp3) is 0.488. The lowest BCUT2D eigenvalue weighted by Gasteiger charge is -2.30. The lowest BCUT2D eigenvalue weighted by molar-refractivity contribution is -0.142. The van der Waals surface area contributed by atoms with Gasteiger partial charge in [-0.3, -0.25) is 23.9 Å². The number of benzene rings is 2. The molecule has 4 fully saturated rings. The van der Waals surface area contributed by atoms with Crippen LogP contribution in [0.5, 0.6) is 5.88 Å². The molecule has 4 aromatic rings. The van der Waals surface area contributed by atoms with Gasteiger partial charge >= 0.3 is 6.18 Å². The van der Waals surface area contributed by atoms with Crippen molar-refractivity contribution in [3.63, 3.8) is 0 Å². The molecule has 18 heteroatoms. The van der Waals surface area contributed by atoms with Crippen molar-refractivity contribution in [3.8, 4) is 17.3 Å². The first-order valence-electron chi connectivity index (χ1n) is 20.8. The molecule has 3 N–H and O–H groups in total. The molecule has 4 amide bonds. The van der Waals surface area contributed by atoms with Crippen LogP contribution in [0.25, 0.3) is 33.5 Å². The number of aromatic nitrogens is 2. The third-order valence-corrected chi connectivity index (χ3v) is 14.8. The summed E-state index contributed by atoms with van der Waals surface area (Å²) in [5.41, 5.74) is -1.27. The van der Waals surface area contributed by atoms with E-state index in [0.717, 1.165) is 25.0 Å². The van der Waals surface area contributed by atoms with E-state index in [2.05, 4.69) is 25.3 Å². The SMILES string of the molecule is CC1(S(=O)(=O)NC(=O)C23CC2/C=C\CCCCCC(NC(=O)C2CC2)C(=O)N2CC(Oc4nc(-c5ccc(C(F)(F)F)cc5)nc5c4oc4ccccc45)CC2C(=O)N3)CC1. The maximum absolute atomic E-state index is 14.6. The molecule has 14 nitrogen and oxygen atoms in total. The van der Waals surface area contributed by atoms with Crippen LogP contribution in [0.2, 0.25) is 0 Å². The Morgan fingerprint density at radius 2 is 1.75 bits per heavy atom. The number of furan rings is 1. The summed E-state index contributed by atoms with van der Waals surface area (Å²) in [6, 6.07) is 9.20. The number of carbonyl (C=O) groups is 4. The van der Waals surface area contributed by atoms with E-state index < -0.39 is 73.9 Å². The second-order valence-corrected chi connectivity index (χ2v) is 19.4. The molecular formula is C43H45F3N6O8S. The molecule has 5 aliphatic rings. The number of carbonyl (C=O) groups excluding carboxylic acids is 4. The summed E-state index contributed by atoms with van der Waals surface area (Å²) in [6.07, 6.45) is 3.67. The summed E-state index contributed by atoms with van der Waals surface area (Å²) in [4.78, 5) is 66.9. The molecule has 9 rings (SSSR count). The van der Waals surface area contributed by atoms with Crippen LogP contribution in [-0.4, -0.2) is 81.9 Å². The molecule has 4 heterocycles. The zero-order chi connectivity index (χ0) is 42.9. The molecule has 3 saturated carbocycles. The Bertz CT molecular complexity index is 2570. The normalized spacial score (nSPS) is 27.2. The van der Waals surface area contributed by atoms with E-state index in [1.807, 2.05) is 12.2 Å². The molecule has 322 valence electrons. The molecule has 2 aliphatic heterocycles. The molecule has 61 heavy (non-hydrogen) atoms. The zero-order valence-electron chi connectivity index (χ0n) is 33.3. The van der Waals surface area contributed by atoms with Gasteiger partial charge in [-0.1, -0.05) is 49.3 Å². The largest absolute Gasteiger partial charge is 0.470 e. The van der Waals surface area contributed by atoms with Gasteiger partial charge in [-0.2, -0.15) is 18.2 Å². The van der Waals surface area contributed by atoms with Gasteiger partial charge in [0.15, 0.2) is 5.82 Å². The van der Waals surface area contributed by atoms with Crippen LogP contribution in [0.1, 0.15) is 83.1 Å². The van der Waals surface area contributed by atoms with Gasteiger partial charge in [0.1, 0.15) is 34.8 Å². The van der Waals surface area contributed by atoms with Crippen molar-refractivity contribution in [1.29, 1.82) is 0 Å². The van der Waals surface area contributed by atoms with Gasteiger partial charge in [0, 0.05) is 29.2 Å². The fourth-order valence-corrected chi connectivity index (χ4v) is 9.63. The van der Waals surface area contributed by atoms with Crippen LogP contribution in [0, 0.1) is 11.8 Å². The van der Waals surface area contributed by atoms with Crippen molar-refractivity contribution < 1.29 is 49.9 Å². The maximum Gasteiger partial charge on any atom is 0.416 e. The topological polar surface area (TPSA) is 190 Å². The second-order valence-electron chi connectivity index (χ2n) is 17.2. The second kappa shape index (κ2) is 15.1. The number of rotatable bonds is 8. The van der Waals surface area contributed by atoms with E-state index in [1.165, 1.54) is 17.0 Å². The number of nitrogens with one attached hydrogen (secondary N) is 3. The third kappa shape index (κ3) is 7.94. The Kier molecular flexibility index (Phi) is 10.1. The van der Waals surface area contributed by atoms with Gasteiger partial charge in [-0.15, -0.1) is 0 Å². The van der Waals surface area contributed by atoms with Gasteiger partial charge in [0.2, 0.25) is 33.3 Å². The molecule has 2 aromatic carbocycles. The number of sulfonamides is 1.